The van der Waals surface area contributed by atoms with E-state index in [9.17, 15) is 9.18 Å². The van der Waals surface area contributed by atoms with Crippen LogP contribution in [0.2, 0.25) is 0 Å². The van der Waals surface area contributed by atoms with Crippen LogP contribution in [0.3, 0.4) is 0 Å². The zero-order chi connectivity index (χ0) is 27.4. The van der Waals surface area contributed by atoms with Crippen LogP contribution >= 0.6 is 0 Å². The highest BCUT2D eigenvalue weighted by Gasteiger charge is 2.24. The highest BCUT2D eigenvalue weighted by atomic mass is 19.1. The number of hydrogen-bond donors (Lipinski definition) is 2. The van der Waals surface area contributed by atoms with Crippen molar-refractivity contribution in [1.82, 2.24) is 33.9 Å². The fourth-order valence-electron chi connectivity index (χ4n) is 5.48. The number of rotatable bonds is 7. The molecule has 0 atom stereocenters. The molecule has 208 valence electrons. The largest absolute Gasteiger partial charge is 0.488 e. The molecule has 2 saturated heterocycles. The van der Waals surface area contributed by atoms with Crippen molar-refractivity contribution < 1.29 is 13.5 Å². The zero-order valence-corrected chi connectivity index (χ0v) is 22.1. The molecular weight excluding hydrogens is 517 g/mol. The molecule has 7 rings (SSSR count). The van der Waals surface area contributed by atoms with E-state index in [1.807, 2.05) is 18.2 Å². The average Bonchev–Trinajstić information content (AvgIpc) is 3.66. The summed E-state index contributed by atoms with van der Waals surface area (Å²) in [7, 11) is 1.73. The molecule has 40 heavy (non-hydrogen) atoms. The highest BCUT2D eigenvalue weighted by molar-refractivity contribution is 5.91. The molecule has 0 unspecified atom stereocenters. The summed E-state index contributed by atoms with van der Waals surface area (Å²) in [5, 5.41) is 7.67. The summed E-state index contributed by atoms with van der Waals surface area (Å²) in [5.41, 5.74) is 9.14. The second-order valence-corrected chi connectivity index (χ2v) is 10.3. The molecule has 3 N–H and O–H groups in total. The minimum Gasteiger partial charge on any atom is -0.488 e. The van der Waals surface area contributed by atoms with Gasteiger partial charge in [0.2, 0.25) is 5.95 Å². The van der Waals surface area contributed by atoms with Gasteiger partial charge in [-0.25, -0.2) is 9.18 Å². The van der Waals surface area contributed by atoms with Gasteiger partial charge in [0.05, 0.1) is 17.5 Å². The molecular formula is C27H30FN9O3. The average molecular weight is 548 g/mol. The summed E-state index contributed by atoms with van der Waals surface area (Å²) in [5.74, 6) is 1.09. The molecule has 0 radical (unpaired) electrons. The first kappa shape index (κ1) is 24.7. The fraction of sp³-hybridized carbons (Fsp3) is 0.370. The molecule has 12 nitrogen and oxygen atoms in total. The van der Waals surface area contributed by atoms with Crippen molar-refractivity contribution in [1.29, 1.82) is 0 Å². The number of benzene rings is 1. The number of nitrogens with two attached hydrogens (primary N) is 1. The minimum absolute atomic E-state index is 0.111. The Kier molecular flexibility index (Phi) is 5.97. The van der Waals surface area contributed by atoms with Crippen LogP contribution in [-0.4, -0.2) is 80.5 Å². The van der Waals surface area contributed by atoms with Gasteiger partial charge in [-0.05, 0) is 30.3 Å². The summed E-state index contributed by atoms with van der Waals surface area (Å²) in [6.45, 7) is 5.56. The third-order valence-electron chi connectivity index (χ3n) is 7.80. The lowest BCUT2D eigenvalue weighted by Crippen LogP contribution is -2.50. The van der Waals surface area contributed by atoms with E-state index < -0.39 is 0 Å². The summed E-state index contributed by atoms with van der Waals surface area (Å²) in [4.78, 5) is 22.1. The maximum Gasteiger partial charge on any atom is 0.330 e. The van der Waals surface area contributed by atoms with Crippen LogP contribution in [0.15, 0.2) is 51.9 Å². The van der Waals surface area contributed by atoms with Crippen molar-refractivity contribution in [2.45, 2.75) is 12.6 Å². The normalized spacial score (nSPS) is 16.7. The molecule has 0 spiro atoms. The molecule has 0 aliphatic carbocycles. The van der Waals surface area contributed by atoms with Gasteiger partial charge in [-0.3, -0.25) is 14.0 Å². The molecule has 5 aromatic rings. The molecule has 0 amide bonds. The van der Waals surface area contributed by atoms with Gasteiger partial charge in [-0.15, -0.1) is 0 Å². The van der Waals surface area contributed by atoms with E-state index in [1.54, 1.807) is 34.6 Å². The van der Waals surface area contributed by atoms with Crippen LogP contribution in [0.1, 0.15) is 0 Å². The van der Waals surface area contributed by atoms with Crippen LogP contribution in [0.25, 0.3) is 28.1 Å². The Morgan fingerprint density at radius 3 is 2.67 bits per heavy atom. The first-order valence-corrected chi connectivity index (χ1v) is 13.4. The van der Waals surface area contributed by atoms with Crippen molar-refractivity contribution in [3.8, 4) is 17.2 Å². The number of nitrogens with zero attached hydrogens (tertiary/aromatic N) is 7. The Labute approximate surface area is 228 Å². The van der Waals surface area contributed by atoms with E-state index in [0.29, 0.717) is 65.8 Å². The fourth-order valence-corrected chi connectivity index (χ4v) is 5.48. The number of ether oxygens (including phenoxy) is 1. The van der Waals surface area contributed by atoms with Crippen LogP contribution < -0.4 is 26.4 Å². The number of nitrogens with one attached hydrogen (secondary N) is 1. The predicted molar refractivity (Wildman–Crippen MR) is 148 cm³/mol. The highest BCUT2D eigenvalue weighted by Crippen LogP contribution is 2.28. The molecule has 6 heterocycles. The number of imidazole rings is 1. The molecule has 4 aromatic heterocycles. The Morgan fingerprint density at radius 2 is 1.98 bits per heavy atom. The molecule has 1 aromatic carbocycles. The van der Waals surface area contributed by atoms with Gasteiger partial charge in [-0.2, -0.15) is 14.6 Å². The topological polar surface area (TPSA) is 124 Å². The smallest absolute Gasteiger partial charge is 0.330 e. The van der Waals surface area contributed by atoms with E-state index >= 15 is 0 Å². The molecule has 0 bridgehead atoms. The minimum atomic E-state index is -0.273. The van der Waals surface area contributed by atoms with E-state index in [-0.39, 0.29) is 23.6 Å². The number of furan rings is 1. The SMILES string of the molecule is Cn1c(=O)n(CCN2CCN(c3ccc(OC4CNC4)cc3F)CC2)c2nc(N)n3nc(-c4ccco4)cc3c21. The van der Waals surface area contributed by atoms with Crippen LogP contribution in [0.4, 0.5) is 16.0 Å². The zero-order valence-electron chi connectivity index (χ0n) is 22.1. The Morgan fingerprint density at radius 1 is 1.15 bits per heavy atom. The number of aromatic nitrogens is 5. The van der Waals surface area contributed by atoms with Gasteiger partial charge >= 0.3 is 5.69 Å². The lowest BCUT2D eigenvalue weighted by atomic mass is 10.2. The van der Waals surface area contributed by atoms with Gasteiger partial charge in [0.15, 0.2) is 11.4 Å². The van der Waals surface area contributed by atoms with Crippen LogP contribution in [-0.2, 0) is 13.6 Å². The molecule has 2 aliphatic heterocycles. The van der Waals surface area contributed by atoms with E-state index in [1.165, 1.54) is 10.6 Å². The maximum absolute atomic E-state index is 14.9. The predicted octanol–water partition coefficient (Wildman–Crippen LogP) is 1.54. The lowest BCUT2D eigenvalue weighted by molar-refractivity contribution is 0.142. The van der Waals surface area contributed by atoms with Gasteiger partial charge in [0.1, 0.15) is 28.9 Å². The Bertz CT molecular complexity index is 1740. The number of nitrogen functional groups attached to an aromatic ring is 1. The molecule has 13 heteroatoms. The number of halogens is 1. The van der Waals surface area contributed by atoms with Crippen LogP contribution in [0.5, 0.6) is 5.75 Å². The first-order chi connectivity index (χ1) is 19.5. The third kappa shape index (κ3) is 4.18. The van der Waals surface area contributed by atoms with Gasteiger partial charge in [0.25, 0.3) is 0 Å². The van der Waals surface area contributed by atoms with E-state index in [4.69, 9.17) is 14.9 Å². The van der Waals surface area contributed by atoms with Crippen LogP contribution in [0, 0.1) is 5.82 Å². The number of fused-ring (bicyclic) bond motifs is 3. The molecule has 2 fully saturated rings. The van der Waals surface area contributed by atoms with Gasteiger partial charge in [0, 0.05) is 65.5 Å². The number of piperazine rings is 1. The quantitative estimate of drug-likeness (QED) is 0.312. The summed E-state index contributed by atoms with van der Waals surface area (Å²) in [6.07, 6.45) is 1.69. The number of aryl methyl sites for hydroxylation is 1. The van der Waals surface area contributed by atoms with Gasteiger partial charge in [-0.1, -0.05) is 0 Å². The van der Waals surface area contributed by atoms with Crippen molar-refractivity contribution >= 4 is 28.3 Å². The summed E-state index contributed by atoms with van der Waals surface area (Å²) < 4.78 is 30.9. The summed E-state index contributed by atoms with van der Waals surface area (Å²) in [6, 6.07) is 10.6. The lowest BCUT2D eigenvalue weighted by Gasteiger charge is -2.36. The summed E-state index contributed by atoms with van der Waals surface area (Å²) >= 11 is 0. The Hall–Kier alpha value is -4.36. The number of hydrogen-bond acceptors (Lipinski definition) is 9. The van der Waals surface area contributed by atoms with Crippen molar-refractivity contribution in [2.75, 3.05) is 56.4 Å². The van der Waals surface area contributed by atoms with Crippen molar-refractivity contribution in [2.24, 2.45) is 7.05 Å². The number of anilines is 2. The van der Waals surface area contributed by atoms with E-state index in [0.717, 1.165) is 26.2 Å². The Balaban J connectivity index is 1.06. The molecule has 0 saturated carbocycles. The van der Waals surface area contributed by atoms with Crippen molar-refractivity contribution in [3.63, 3.8) is 0 Å². The monoisotopic (exact) mass is 547 g/mol. The first-order valence-electron chi connectivity index (χ1n) is 13.4. The van der Waals surface area contributed by atoms with E-state index in [2.05, 4.69) is 25.2 Å². The standard InChI is InChI=1S/C27H30FN9O3/c1-33-24-22-14-20(23-3-2-12-39-23)32-37(22)26(29)31-25(24)36(27(33)38)11-8-34-6-9-35(10-7-34)21-5-4-17(13-19(21)28)40-18-15-30-16-18/h2-5,12-14,18,30H,6-11,15-16H2,1H3,(H2,29,31). The second kappa shape index (κ2) is 9.68. The maximum atomic E-state index is 14.9. The third-order valence-corrected chi connectivity index (χ3v) is 7.80. The molecule has 2 aliphatic rings. The van der Waals surface area contributed by atoms with Gasteiger partial charge < -0.3 is 25.1 Å². The second-order valence-electron chi connectivity index (χ2n) is 10.3. The van der Waals surface area contributed by atoms with Crippen molar-refractivity contribution in [3.05, 3.63) is 59.0 Å².